The lowest BCUT2D eigenvalue weighted by Crippen LogP contribution is -3.13. The molecule has 0 radical (unpaired) electrons. The Bertz CT molecular complexity index is 1030. The molecular formula is C24H27FN3OS+. The van der Waals surface area contributed by atoms with Gasteiger partial charge in [0.2, 0.25) is 0 Å². The molecule has 0 saturated carbocycles. The molecule has 6 heteroatoms. The first kappa shape index (κ1) is 20.6. The maximum absolute atomic E-state index is 14.1. The van der Waals surface area contributed by atoms with E-state index >= 15 is 0 Å². The SMILES string of the molecule is Cc1sc(NC(=O)c2ccccc2)c(C[NH+]2CCN(c3ccccc3F)CC2)c1C. The van der Waals surface area contributed by atoms with Gasteiger partial charge in [-0.3, -0.25) is 4.79 Å². The van der Waals surface area contributed by atoms with Crippen molar-refractivity contribution >= 4 is 27.9 Å². The first-order valence-corrected chi connectivity index (χ1v) is 11.1. The molecular weight excluding hydrogens is 397 g/mol. The number of rotatable bonds is 5. The van der Waals surface area contributed by atoms with Crippen LogP contribution in [0.25, 0.3) is 0 Å². The summed E-state index contributed by atoms with van der Waals surface area (Å²) in [4.78, 5) is 17.5. The molecule has 1 aromatic heterocycles. The Morgan fingerprint density at radius 2 is 1.73 bits per heavy atom. The van der Waals surface area contributed by atoms with Crippen molar-refractivity contribution in [1.82, 2.24) is 0 Å². The number of carbonyl (C=O) groups excluding carboxylic acids is 1. The first-order chi connectivity index (χ1) is 14.5. The minimum absolute atomic E-state index is 0.0718. The van der Waals surface area contributed by atoms with Crippen molar-refractivity contribution in [3.8, 4) is 0 Å². The van der Waals surface area contributed by atoms with E-state index in [-0.39, 0.29) is 11.7 Å². The number of amides is 1. The zero-order valence-electron chi connectivity index (χ0n) is 17.4. The van der Waals surface area contributed by atoms with Crippen LogP contribution in [0.2, 0.25) is 0 Å². The molecule has 2 heterocycles. The average molecular weight is 425 g/mol. The number of para-hydroxylation sites is 1. The molecule has 2 N–H and O–H groups in total. The topological polar surface area (TPSA) is 36.8 Å². The molecule has 1 saturated heterocycles. The molecule has 0 unspecified atom stereocenters. The largest absolute Gasteiger partial charge is 0.358 e. The molecule has 1 amide bonds. The summed E-state index contributed by atoms with van der Waals surface area (Å²) < 4.78 is 14.1. The van der Waals surface area contributed by atoms with Gasteiger partial charge in [0.25, 0.3) is 5.91 Å². The number of aryl methyl sites for hydroxylation is 1. The smallest absolute Gasteiger partial charge is 0.256 e. The lowest BCUT2D eigenvalue weighted by atomic mass is 10.1. The van der Waals surface area contributed by atoms with E-state index in [4.69, 9.17) is 0 Å². The third-order valence-corrected chi connectivity index (χ3v) is 7.03. The molecule has 1 aliphatic heterocycles. The van der Waals surface area contributed by atoms with Gasteiger partial charge in [0.1, 0.15) is 17.4 Å². The number of benzene rings is 2. The molecule has 0 atom stereocenters. The Balaban J connectivity index is 1.44. The van der Waals surface area contributed by atoms with Gasteiger partial charge in [0, 0.05) is 16.0 Å². The summed E-state index contributed by atoms with van der Waals surface area (Å²) in [5.41, 5.74) is 3.83. The Labute approximate surface area is 180 Å². The Morgan fingerprint density at radius 1 is 1.07 bits per heavy atom. The van der Waals surface area contributed by atoms with E-state index in [1.54, 1.807) is 17.4 Å². The summed E-state index contributed by atoms with van der Waals surface area (Å²) in [6.07, 6.45) is 0. The molecule has 0 bridgehead atoms. The van der Waals surface area contributed by atoms with E-state index in [2.05, 4.69) is 24.1 Å². The summed E-state index contributed by atoms with van der Waals surface area (Å²) in [5, 5.41) is 4.07. The van der Waals surface area contributed by atoms with Crippen LogP contribution < -0.4 is 15.1 Å². The van der Waals surface area contributed by atoms with E-state index in [1.807, 2.05) is 42.5 Å². The van der Waals surface area contributed by atoms with E-state index in [9.17, 15) is 9.18 Å². The molecule has 30 heavy (non-hydrogen) atoms. The quantitative estimate of drug-likeness (QED) is 0.656. The molecule has 2 aromatic carbocycles. The van der Waals surface area contributed by atoms with Crippen molar-refractivity contribution in [2.75, 3.05) is 36.4 Å². The highest BCUT2D eigenvalue weighted by Gasteiger charge is 2.25. The van der Waals surface area contributed by atoms with E-state index < -0.39 is 0 Å². The summed E-state index contributed by atoms with van der Waals surface area (Å²) in [6, 6.07) is 16.3. The lowest BCUT2D eigenvalue weighted by molar-refractivity contribution is -0.914. The predicted octanol–water partition coefficient (Wildman–Crippen LogP) is 3.66. The van der Waals surface area contributed by atoms with Gasteiger partial charge >= 0.3 is 0 Å². The molecule has 156 valence electrons. The molecule has 3 aromatic rings. The second kappa shape index (κ2) is 8.98. The van der Waals surface area contributed by atoms with Crippen molar-refractivity contribution in [3.05, 3.63) is 82.0 Å². The predicted molar refractivity (Wildman–Crippen MR) is 121 cm³/mol. The van der Waals surface area contributed by atoms with Gasteiger partial charge < -0.3 is 15.1 Å². The van der Waals surface area contributed by atoms with Crippen LogP contribution in [0.15, 0.2) is 54.6 Å². The third kappa shape index (κ3) is 4.40. The van der Waals surface area contributed by atoms with Gasteiger partial charge in [0.15, 0.2) is 0 Å². The van der Waals surface area contributed by atoms with E-state index in [0.29, 0.717) is 11.3 Å². The second-order valence-electron chi connectivity index (χ2n) is 7.78. The highest BCUT2D eigenvalue weighted by Crippen LogP contribution is 2.32. The van der Waals surface area contributed by atoms with Gasteiger partial charge in [-0.05, 0) is 43.7 Å². The molecule has 1 fully saturated rings. The number of anilines is 2. The van der Waals surface area contributed by atoms with E-state index in [0.717, 1.165) is 37.7 Å². The molecule has 1 aliphatic rings. The van der Waals surface area contributed by atoms with Crippen LogP contribution in [0, 0.1) is 19.7 Å². The maximum Gasteiger partial charge on any atom is 0.256 e. The van der Waals surface area contributed by atoms with Crippen molar-refractivity contribution in [2.24, 2.45) is 0 Å². The van der Waals surface area contributed by atoms with Crippen LogP contribution in [0.5, 0.6) is 0 Å². The zero-order valence-corrected chi connectivity index (χ0v) is 18.2. The normalized spacial score (nSPS) is 14.7. The highest BCUT2D eigenvalue weighted by atomic mass is 32.1. The number of carbonyl (C=O) groups is 1. The Hall–Kier alpha value is -2.70. The summed E-state index contributed by atoms with van der Waals surface area (Å²) in [7, 11) is 0. The first-order valence-electron chi connectivity index (χ1n) is 10.3. The van der Waals surface area contributed by atoms with Gasteiger partial charge in [-0.25, -0.2) is 4.39 Å². The number of nitrogens with one attached hydrogen (secondary N) is 2. The summed E-state index contributed by atoms with van der Waals surface area (Å²) in [6.45, 7) is 8.63. The zero-order chi connectivity index (χ0) is 21.1. The minimum Gasteiger partial charge on any atom is -0.358 e. The van der Waals surface area contributed by atoms with Crippen molar-refractivity contribution < 1.29 is 14.1 Å². The van der Waals surface area contributed by atoms with Crippen LogP contribution in [-0.2, 0) is 6.54 Å². The van der Waals surface area contributed by atoms with Crippen LogP contribution in [-0.4, -0.2) is 32.1 Å². The molecule has 4 nitrogen and oxygen atoms in total. The van der Waals surface area contributed by atoms with Gasteiger partial charge in [0.05, 0.1) is 31.9 Å². The number of piperazine rings is 1. The Kier molecular flexibility index (Phi) is 6.16. The number of nitrogens with zero attached hydrogens (tertiary/aromatic N) is 1. The van der Waals surface area contributed by atoms with Gasteiger partial charge in [-0.1, -0.05) is 30.3 Å². The monoisotopic (exact) mass is 424 g/mol. The third-order valence-electron chi connectivity index (χ3n) is 5.86. The maximum atomic E-state index is 14.1. The molecule has 0 aliphatic carbocycles. The fraction of sp³-hybridized carbons (Fsp3) is 0.292. The number of hydrogen-bond donors (Lipinski definition) is 2. The fourth-order valence-electron chi connectivity index (χ4n) is 3.95. The number of halogens is 1. The van der Waals surface area contributed by atoms with Gasteiger partial charge in [-0.2, -0.15) is 0 Å². The van der Waals surface area contributed by atoms with Crippen LogP contribution >= 0.6 is 11.3 Å². The van der Waals surface area contributed by atoms with E-state index in [1.165, 1.54) is 27.0 Å². The summed E-state index contributed by atoms with van der Waals surface area (Å²) in [5.74, 6) is -0.228. The van der Waals surface area contributed by atoms with Crippen molar-refractivity contribution in [1.29, 1.82) is 0 Å². The standard InChI is InChI=1S/C24H26FN3OS/c1-17-18(2)30-24(26-23(29)19-8-4-3-5-9-19)20(17)16-27-12-14-28(15-13-27)22-11-7-6-10-21(22)25/h3-11H,12-16H2,1-2H3,(H,26,29)/p+1. The molecule has 4 rings (SSSR count). The Morgan fingerprint density at radius 3 is 2.43 bits per heavy atom. The fourth-order valence-corrected chi connectivity index (χ4v) is 5.03. The molecule has 0 spiro atoms. The van der Waals surface area contributed by atoms with Crippen LogP contribution in [0.1, 0.15) is 26.4 Å². The van der Waals surface area contributed by atoms with Crippen LogP contribution in [0.3, 0.4) is 0 Å². The van der Waals surface area contributed by atoms with Crippen molar-refractivity contribution in [2.45, 2.75) is 20.4 Å². The number of thiophene rings is 1. The number of quaternary nitrogens is 1. The van der Waals surface area contributed by atoms with Crippen LogP contribution in [0.4, 0.5) is 15.1 Å². The second-order valence-corrected chi connectivity index (χ2v) is 9.00. The number of hydrogen-bond acceptors (Lipinski definition) is 3. The lowest BCUT2D eigenvalue weighted by Gasteiger charge is -2.34. The minimum atomic E-state index is -0.156. The highest BCUT2D eigenvalue weighted by molar-refractivity contribution is 7.16. The summed E-state index contributed by atoms with van der Waals surface area (Å²) >= 11 is 1.65. The average Bonchev–Trinajstić information content (AvgIpc) is 3.03. The van der Waals surface area contributed by atoms with Gasteiger partial charge in [-0.15, -0.1) is 11.3 Å². The van der Waals surface area contributed by atoms with Crippen molar-refractivity contribution in [3.63, 3.8) is 0 Å².